The molecule has 0 aromatic carbocycles. The predicted octanol–water partition coefficient (Wildman–Crippen LogP) is 0.0173. The number of rotatable bonds is 4. The predicted molar refractivity (Wildman–Crippen MR) is 74.6 cm³/mol. The van der Waals surface area contributed by atoms with Crippen molar-refractivity contribution in [1.82, 2.24) is 10.2 Å². The van der Waals surface area contributed by atoms with Gasteiger partial charge in [-0.2, -0.15) is 0 Å². The zero-order chi connectivity index (χ0) is 14.6. The maximum absolute atomic E-state index is 12.6. The van der Waals surface area contributed by atoms with E-state index in [1.165, 1.54) is 0 Å². The number of nitrogens with one attached hydrogen (secondary N) is 1. The van der Waals surface area contributed by atoms with Gasteiger partial charge < -0.3 is 19.5 Å². The van der Waals surface area contributed by atoms with E-state index in [2.05, 4.69) is 10.2 Å². The lowest BCUT2D eigenvalue weighted by atomic mass is 9.98. The Morgan fingerprint density at radius 1 is 1.25 bits per heavy atom. The minimum atomic E-state index is -0.527. The van der Waals surface area contributed by atoms with Gasteiger partial charge in [0.25, 0.3) is 0 Å². The first-order valence-electron chi connectivity index (χ1n) is 7.30. The SMILES string of the molecule is CO[C@H]1COCC[C@@H]1NC(=O)C(C)(C)N1CCOCC1. The summed E-state index contributed by atoms with van der Waals surface area (Å²) >= 11 is 0. The highest BCUT2D eigenvalue weighted by molar-refractivity contribution is 5.85. The highest BCUT2D eigenvalue weighted by Gasteiger charge is 2.38. The lowest BCUT2D eigenvalue weighted by Crippen LogP contribution is -2.61. The van der Waals surface area contributed by atoms with E-state index in [9.17, 15) is 4.79 Å². The van der Waals surface area contributed by atoms with E-state index in [0.717, 1.165) is 19.5 Å². The molecule has 0 spiro atoms. The molecule has 116 valence electrons. The second kappa shape index (κ2) is 6.85. The lowest BCUT2D eigenvalue weighted by molar-refractivity contribution is -0.138. The Hall–Kier alpha value is -0.690. The zero-order valence-electron chi connectivity index (χ0n) is 12.7. The van der Waals surface area contributed by atoms with Gasteiger partial charge in [0.05, 0.1) is 31.4 Å². The van der Waals surface area contributed by atoms with Gasteiger partial charge >= 0.3 is 0 Å². The number of amides is 1. The van der Waals surface area contributed by atoms with Gasteiger partial charge in [-0.3, -0.25) is 9.69 Å². The summed E-state index contributed by atoms with van der Waals surface area (Å²) in [5.74, 6) is 0.0494. The maximum Gasteiger partial charge on any atom is 0.240 e. The summed E-state index contributed by atoms with van der Waals surface area (Å²) < 4.78 is 16.1. The van der Waals surface area contributed by atoms with Crippen LogP contribution in [0.4, 0.5) is 0 Å². The first kappa shape index (κ1) is 15.7. The second-order valence-electron chi connectivity index (χ2n) is 5.88. The normalized spacial score (nSPS) is 29.1. The minimum Gasteiger partial charge on any atom is -0.379 e. The van der Waals surface area contributed by atoms with Crippen LogP contribution in [0.1, 0.15) is 20.3 Å². The van der Waals surface area contributed by atoms with Gasteiger partial charge in [-0.15, -0.1) is 0 Å². The van der Waals surface area contributed by atoms with E-state index in [1.807, 2.05) is 13.8 Å². The summed E-state index contributed by atoms with van der Waals surface area (Å²) in [5, 5.41) is 3.13. The van der Waals surface area contributed by atoms with Crippen LogP contribution in [0.2, 0.25) is 0 Å². The molecule has 0 aliphatic carbocycles. The summed E-state index contributed by atoms with van der Waals surface area (Å²) in [6, 6.07) is 0.0292. The van der Waals surface area contributed by atoms with Gasteiger partial charge in [-0.05, 0) is 20.3 Å². The van der Waals surface area contributed by atoms with Crippen LogP contribution in [0.3, 0.4) is 0 Å². The van der Waals surface area contributed by atoms with Crippen molar-refractivity contribution in [3.05, 3.63) is 0 Å². The molecule has 1 N–H and O–H groups in total. The molecule has 0 bridgehead atoms. The summed E-state index contributed by atoms with van der Waals surface area (Å²) in [6.07, 6.45) is 0.733. The number of carbonyl (C=O) groups excluding carboxylic acids is 1. The highest BCUT2D eigenvalue weighted by Crippen LogP contribution is 2.18. The number of morpholine rings is 1. The quantitative estimate of drug-likeness (QED) is 0.789. The Morgan fingerprint density at radius 2 is 1.95 bits per heavy atom. The van der Waals surface area contributed by atoms with Crippen LogP contribution in [0, 0.1) is 0 Å². The highest BCUT2D eigenvalue weighted by atomic mass is 16.5. The van der Waals surface area contributed by atoms with Crippen molar-refractivity contribution in [3.8, 4) is 0 Å². The Labute approximate surface area is 120 Å². The van der Waals surface area contributed by atoms with Gasteiger partial charge in [0, 0.05) is 26.8 Å². The van der Waals surface area contributed by atoms with Crippen LogP contribution in [0.5, 0.6) is 0 Å². The third-order valence-corrected chi connectivity index (χ3v) is 4.28. The van der Waals surface area contributed by atoms with Crippen molar-refractivity contribution in [2.24, 2.45) is 0 Å². The molecule has 20 heavy (non-hydrogen) atoms. The summed E-state index contributed by atoms with van der Waals surface area (Å²) in [4.78, 5) is 14.8. The molecule has 2 fully saturated rings. The fourth-order valence-corrected chi connectivity index (χ4v) is 2.72. The van der Waals surface area contributed by atoms with Crippen LogP contribution in [-0.4, -0.2) is 75.1 Å². The van der Waals surface area contributed by atoms with Crippen molar-refractivity contribution < 1.29 is 19.0 Å². The molecule has 2 aliphatic heterocycles. The fourth-order valence-electron chi connectivity index (χ4n) is 2.72. The number of methoxy groups -OCH3 is 1. The van der Waals surface area contributed by atoms with Gasteiger partial charge in [-0.1, -0.05) is 0 Å². The Kier molecular flexibility index (Phi) is 5.37. The molecular weight excluding hydrogens is 260 g/mol. The molecule has 2 heterocycles. The third kappa shape index (κ3) is 3.49. The number of hydrogen-bond acceptors (Lipinski definition) is 5. The van der Waals surface area contributed by atoms with E-state index in [0.29, 0.717) is 26.4 Å². The fraction of sp³-hybridized carbons (Fsp3) is 0.929. The van der Waals surface area contributed by atoms with Crippen molar-refractivity contribution in [1.29, 1.82) is 0 Å². The van der Waals surface area contributed by atoms with Crippen LogP contribution < -0.4 is 5.32 Å². The lowest BCUT2D eigenvalue weighted by Gasteiger charge is -2.41. The topological polar surface area (TPSA) is 60.0 Å². The average Bonchev–Trinajstić information content (AvgIpc) is 2.48. The van der Waals surface area contributed by atoms with Crippen LogP contribution >= 0.6 is 0 Å². The van der Waals surface area contributed by atoms with E-state index >= 15 is 0 Å². The van der Waals surface area contributed by atoms with Crippen LogP contribution in [0.15, 0.2) is 0 Å². The summed E-state index contributed by atoms with van der Waals surface area (Å²) in [6.45, 7) is 8.11. The molecule has 6 heteroatoms. The molecule has 0 aromatic rings. The number of carbonyl (C=O) groups is 1. The maximum atomic E-state index is 12.6. The van der Waals surface area contributed by atoms with Gasteiger partial charge in [0.15, 0.2) is 0 Å². The second-order valence-corrected chi connectivity index (χ2v) is 5.88. The standard InChI is InChI=1S/C14H26N2O4/c1-14(2,16-5-8-19-9-6-16)13(17)15-11-4-7-20-10-12(11)18-3/h11-12H,4-10H2,1-3H3,(H,15,17)/t11-,12-/m0/s1. The zero-order valence-corrected chi connectivity index (χ0v) is 12.7. The third-order valence-electron chi connectivity index (χ3n) is 4.28. The number of nitrogens with zero attached hydrogens (tertiary/aromatic N) is 1. The summed E-state index contributed by atoms with van der Waals surface area (Å²) in [5.41, 5.74) is -0.527. The smallest absolute Gasteiger partial charge is 0.240 e. The van der Waals surface area contributed by atoms with Crippen molar-refractivity contribution in [2.45, 2.75) is 38.0 Å². The molecule has 0 unspecified atom stereocenters. The van der Waals surface area contributed by atoms with E-state index in [1.54, 1.807) is 7.11 Å². The number of hydrogen-bond donors (Lipinski definition) is 1. The first-order chi connectivity index (χ1) is 9.55. The largest absolute Gasteiger partial charge is 0.379 e. The average molecular weight is 286 g/mol. The van der Waals surface area contributed by atoms with Gasteiger partial charge in [0.1, 0.15) is 6.10 Å². The molecule has 0 radical (unpaired) electrons. The molecule has 6 nitrogen and oxygen atoms in total. The molecular formula is C14H26N2O4. The number of ether oxygens (including phenoxy) is 3. The molecule has 2 aliphatic rings. The molecule has 2 rings (SSSR count). The monoisotopic (exact) mass is 286 g/mol. The van der Waals surface area contributed by atoms with Crippen molar-refractivity contribution in [3.63, 3.8) is 0 Å². The molecule has 1 amide bonds. The van der Waals surface area contributed by atoms with E-state index < -0.39 is 5.54 Å². The van der Waals surface area contributed by atoms with Crippen molar-refractivity contribution >= 4 is 5.91 Å². The molecule has 0 aromatic heterocycles. The van der Waals surface area contributed by atoms with E-state index in [4.69, 9.17) is 14.2 Å². The van der Waals surface area contributed by atoms with E-state index in [-0.39, 0.29) is 18.1 Å². The van der Waals surface area contributed by atoms with Crippen LogP contribution in [0.25, 0.3) is 0 Å². The molecule has 0 saturated carbocycles. The Balaban J connectivity index is 1.94. The van der Waals surface area contributed by atoms with Gasteiger partial charge in [0.2, 0.25) is 5.91 Å². The minimum absolute atomic E-state index is 0.0292. The van der Waals surface area contributed by atoms with Crippen molar-refractivity contribution in [2.75, 3.05) is 46.6 Å². The van der Waals surface area contributed by atoms with Gasteiger partial charge in [-0.25, -0.2) is 0 Å². The molecule has 2 atom stereocenters. The Bertz CT molecular complexity index is 329. The van der Waals surface area contributed by atoms with Crippen LogP contribution in [-0.2, 0) is 19.0 Å². The first-order valence-corrected chi connectivity index (χ1v) is 7.30. The molecule has 2 saturated heterocycles. The Morgan fingerprint density at radius 3 is 2.60 bits per heavy atom. The summed E-state index contributed by atoms with van der Waals surface area (Å²) in [7, 11) is 1.66.